The largest absolute Gasteiger partial charge is 0.486 e. The molecule has 114 valence electrons. The normalized spacial score (nSPS) is 16.1. The molecular weight excluding hydrogens is 274 g/mol. The highest BCUT2D eigenvalue weighted by Gasteiger charge is 2.21. The van der Waals surface area contributed by atoms with Gasteiger partial charge in [0.15, 0.2) is 11.5 Å². The lowest BCUT2D eigenvalue weighted by Gasteiger charge is -2.26. The first-order chi connectivity index (χ1) is 10.2. The molecule has 6 nitrogen and oxygen atoms in total. The molecule has 1 aliphatic rings. The zero-order valence-electron chi connectivity index (χ0n) is 12.0. The van der Waals surface area contributed by atoms with E-state index in [9.17, 15) is 9.59 Å². The van der Waals surface area contributed by atoms with Gasteiger partial charge in [0.25, 0.3) is 0 Å². The highest BCUT2D eigenvalue weighted by molar-refractivity contribution is 5.81. The number of hydrogen-bond acceptors (Lipinski definition) is 5. The number of para-hydroxylation sites is 2. The Morgan fingerprint density at radius 3 is 2.81 bits per heavy atom. The van der Waals surface area contributed by atoms with Crippen LogP contribution in [0.15, 0.2) is 24.3 Å². The molecule has 1 unspecified atom stereocenters. The van der Waals surface area contributed by atoms with E-state index in [4.69, 9.17) is 14.2 Å². The molecule has 1 atom stereocenters. The van der Waals surface area contributed by atoms with Crippen LogP contribution in [0.25, 0.3) is 0 Å². The minimum atomic E-state index is -0.362. The van der Waals surface area contributed by atoms with Crippen LogP contribution in [0.4, 0.5) is 0 Å². The molecule has 1 aromatic carbocycles. The minimum Gasteiger partial charge on any atom is -0.486 e. The van der Waals surface area contributed by atoms with Crippen molar-refractivity contribution in [1.82, 2.24) is 5.32 Å². The van der Waals surface area contributed by atoms with Crippen molar-refractivity contribution in [3.63, 3.8) is 0 Å². The van der Waals surface area contributed by atoms with Gasteiger partial charge in [-0.3, -0.25) is 9.59 Å². The van der Waals surface area contributed by atoms with E-state index in [2.05, 4.69) is 5.32 Å². The highest BCUT2D eigenvalue weighted by Crippen LogP contribution is 2.30. The molecule has 21 heavy (non-hydrogen) atoms. The number of rotatable bonds is 6. The molecule has 1 aliphatic heterocycles. The fourth-order valence-electron chi connectivity index (χ4n) is 1.93. The maximum atomic E-state index is 11.6. The Hall–Kier alpha value is -2.24. The van der Waals surface area contributed by atoms with Gasteiger partial charge in [0.2, 0.25) is 5.91 Å². The Morgan fingerprint density at radius 2 is 2.05 bits per heavy atom. The summed E-state index contributed by atoms with van der Waals surface area (Å²) in [5.74, 6) is 0.821. The summed E-state index contributed by atoms with van der Waals surface area (Å²) >= 11 is 0. The van der Waals surface area contributed by atoms with Gasteiger partial charge in [-0.05, 0) is 19.1 Å². The van der Waals surface area contributed by atoms with Crippen molar-refractivity contribution in [2.75, 3.05) is 19.8 Å². The van der Waals surface area contributed by atoms with Crippen molar-refractivity contribution >= 4 is 11.9 Å². The van der Waals surface area contributed by atoms with E-state index < -0.39 is 0 Å². The van der Waals surface area contributed by atoms with Gasteiger partial charge in [-0.25, -0.2) is 0 Å². The zero-order valence-corrected chi connectivity index (χ0v) is 12.0. The lowest BCUT2D eigenvalue weighted by molar-refractivity contribution is -0.144. The number of nitrogens with one attached hydrogen (secondary N) is 1. The molecule has 0 spiro atoms. The van der Waals surface area contributed by atoms with Crippen molar-refractivity contribution in [2.45, 2.75) is 25.9 Å². The molecule has 1 N–H and O–H groups in total. The third kappa shape index (κ3) is 4.66. The maximum Gasteiger partial charge on any atom is 0.306 e. The van der Waals surface area contributed by atoms with Crippen LogP contribution in [0, 0.1) is 0 Å². The Morgan fingerprint density at radius 1 is 1.29 bits per heavy atom. The Kier molecular flexibility index (Phi) is 5.43. The molecule has 0 radical (unpaired) electrons. The fraction of sp³-hybridized carbons (Fsp3) is 0.467. The van der Waals surface area contributed by atoms with Crippen molar-refractivity contribution in [3.8, 4) is 11.5 Å². The number of esters is 1. The van der Waals surface area contributed by atoms with Crippen LogP contribution in [-0.2, 0) is 14.3 Å². The summed E-state index contributed by atoms with van der Waals surface area (Å²) in [7, 11) is 0. The number of fused-ring (bicyclic) bond motifs is 1. The van der Waals surface area contributed by atoms with E-state index in [1.165, 1.54) is 0 Å². The fourth-order valence-corrected chi connectivity index (χ4v) is 1.93. The smallest absolute Gasteiger partial charge is 0.306 e. The summed E-state index contributed by atoms with van der Waals surface area (Å²) in [5, 5.41) is 2.73. The van der Waals surface area contributed by atoms with Gasteiger partial charge in [0.1, 0.15) is 12.7 Å². The molecule has 1 heterocycles. The van der Waals surface area contributed by atoms with Crippen LogP contribution in [0.1, 0.15) is 19.8 Å². The number of ether oxygens (including phenoxy) is 3. The second-order valence-corrected chi connectivity index (χ2v) is 4.61. The highest BCUT2D eigenvalue weighted by atomic mass is 16.6. The summed E-state index contributed by atoms with van der Waals surface area (Å²) < 4.78 is 16.0. The van der Waals surface area contributed by atoms with Gasteiger partial charge in [0.05, 0.1) is 19.6 Å². The van der Waals surface area contributed by atoms with Gasteiger partial charge < -0.3 is 19.5 Å². The average molecular weight is 293 g/mol. The third-order valence-electron chi connectivity index (χ3n) is 2.96. The first kappa shape index (κ1) is 15.2. The third-order valence-corrected chi connectivity index (χ3v) is 2.96. The number of carbonyl (C=O) groups is 2. The van der Waals surface area contributed by atoms with Crippen molar-refractivity contribution in [2.24, 2.45) is 0 Å². The van der Waals surface area contributed by atoms with Gasteiger partial charge in [-0.15, -0.1) is 0 Å². The number of amides is 1. The second-order valence-electron chi connectivity index (χ2n) is 4.61. The first-order valence-corrected chi connectivity index (χ1v) is 7.00. The van der Waals surface area contributed by atoms with Gasteiger partial charge in [-0.1, -0.05) is 12.1 Å². The van der Waals surface area contributed by atoms with Gasteiger partial charge in [-0.2, -0.15) is 0 Å². The van der Waals surface area contributed by atoms with E-state index in [1.54, 1.807) is 6.92 Å². The molecule has 0 fully saturated rings. The van der Waals surface area contributed by atoms with Crippen LogP contribution in [-0.4, -0.2) is 37.7 Å². The molecule has 0 bridgehead atoms. The number of benzene rings is 1. The predicted octanol–water partition coefficient (Wildman–Crippen LogP) is 1.29. The molecule has 6 heteroatoms. The van der Waals surface area contributed by atoms with Crippen LogP contribution < -0.4 is 14.8 Å². The van der Waals surface area contributed by atoms with Crippen molar-refractivity contribution in [3.05, 3.63) is 24.3 Å². The van der Waals surface area contributed by atoms with E-state index >= 15 is 0 Å². The van der Waals surface area contributed by atoms with Crippen LogP contribution in [0.5, 0.6) is 11.5 Å². The van der Waals surface area contributed by atoms with E-state index in [1.807, 2.05) is 24.3 Å². The first-order valence-electron chi connectivity index (χ1n) is 7.00. The molecule has 0 saturated heterocycles. The summed E-state index contributed by atoms with van der Waals surface area (Å²) in [6.07, 6.45) is -0.0282. The molecule has 1 amide bonds. The zero-order chi connectivity index (χ0) is 15.1. The summed E-state index contributed by atoms with van der Waals surface area (Å²) in [5.41, 5.74) is 0. The monoisotopic (exact) mass is 293 g/mol. The van der Waals surface area contributed by atoms with Crippen LogP contribution in [0.3, 0.4) is 0 Å². The minimum absolute atomic E-state index is 0.0878. The van der Waals surface area contributed by atoms with Crippen molar-refractivity contribution < 1.29 is 23.8 Å². The second kappa shape index (κ2) is 7.52. The Labute approximate surface area is 123 Å². The lowest BCUT2D eigenvalue weighted by atomic mass is 10.2. The SMILES string of the molecule is CCOC(=O)CCC(=O)NCC1COc2ccccc2O1. The lowest BCUT2D eigenvalue weighted by Crippen LogP contribution is -2.40. The number of carbonyl (C=O) groups excluding carboxylic acids is 2. The Balaban J connectivity index is 1.70. The van der Waals surface area contributed by atoms with Crippen LogP contribution >= 0.6 is 0 Å². The van der Waals surface area contributed by atoms with Gasteiger partial charge >= 0.3 is 5.97 Å². The Bertz CT molecular complexity index is 503. The summed E-state index contributed by atoms with van der Waals surface area (Å²) in [6.45, 7) is 2.79. The van der Waals surface area contributed by atoms with E-state index in [0.717, 1.165) is 0 Å². The maximum absolute atomic E-state index is 11.6. The molecule has 2 rings (SSSR count). The van der Waals surface area contributed by atoms with Crippen LogP contribution in [0.2, 0.25) is 0 Å². The molecule has 0 saturated carbocycles. The van der Waals surface area contributed by atoms with Crippen molar-refractivity contribution in [1.29, 1.82) is 0 Å². The molecule has 0 aromatic heterocycles. The average Bonchev–Trinajstić information content (AvgIpc) is 2.51. The molecule has 0 aliphatic carbocycles. The molecular formula is C15H19NO5. The number of hydrogen-bond donors (Lipinski definition) is 1. The predicted molar refractivity (Wildman–Crippen MR) is 75.2 cm³/mol. The standard InChI is InChI=1S/C15H19NO5/c1-2-19-15(18)8-7-14(17)16-9-11-10-20-12-5-3-4-6-13(12)21-11/h3-6,11H,2,7-10H2,1H3,(H,16,17). The van der Waals surface area contributed by atoms with E-state index in [-0.39, 0.29) is 30.8 Å². The van der Waals surface area contributed by atoms with Gasteiger partial charge in [0, 0.05) is 6.42 Å². The summed E-state index contributed by atoms with van der Waals surface area (Å²) in [4.78, 5) is 22.8. The van der Waals surface area contributed by atoms with E-state index in [0.29, 0.717) is 31.3 Å². The summed E-state index contributed by atoms with van der Waals surface area (Å²) in [6, 6.07) is 7.40. The molecule has 1 aromatic rings. The topological polar surface area (TPSA) is 73.9 Å². The quantitative estimate of drug-likeness (QED) is 0.800.